The van der Waals surface area contributed by atoms with Crippen molar-refractivity contribution in [1.82, 2.24) is 39.9 Å². The van der Waals surface area contributed by atoms with Crippen LogP contribution in [-0.4, -0.2) is 176 Å². The van der Waals surface area contributed by atoms with E-state index < -0.39 is 88.3 Å². The molecule has 4 aliphatic carbocycles. The van der Waals surface area contributed by atoms with Crippen LogP contribution < -0.4 is 77.6 Å². The number of alkyl halides is 9. The SMILES string of the molecule is C/C=C/OCC.CC(C)O.CCO/C=C/c1cc(OC2CCC3(CC2)OCCO3)nc(C(F)(F)F)n1.Cc1nc(Cl)cc(Cl)n1.FC(F)(F)c1nc(Cl)cc(OC2CCC3(CC2)OCCO3)n1.O=Cc1cc(OC2CCC3(CC2)OCCO3)nc(C(F)(F)F)n1.OC1CCC2(CC1)OCCO2.[Na+].[O-][I+3]([O-])([O-])[O-].[O]=[Os](=[O])(=[O])=[O]. The van der Waals surface area contributed by atoms with Gasteiger partial charge < -0.3 is 71.8 Å². The molecular weight excluding hydrogens is 1890 g/mol. The Kier molecular flexibility index (Phi) is 44.2. The fourth-order valence-corrected chi connectivity index (χ4v) is 11.7. The van der Waals surface area contributed by atoms with Gasteiger partial charge in [-0.1, -0.05) is 40.9 Å². The van der Waals surface area contributed by atoms with Gasteiger partial charge in [0.25, 0.3) is 0 Å². The summed E-state index contributed by atoms with van der Waals surface area (Å²) in [6.45, 7) is 16.8. The Hall–Kier alpha value is -4.28. The van der Waals surface area contributed by atoms with Gasteiger partial charge in [-0.25, -0.2) is 24.9 Å². The van der Waals surface area contributed by atoms with Crippen LogP contribution in [0.4, 0.5) is 39.5 Å². The molecule has 8 fully saturated rings. The first-order chi connectivity index (χ1) is 51.8. The Morgan fingerprint density at radius 2 is 0.777 bits per heavy atom. The molecule has 47 heteroatoms. The van der Waals surface area contributed by atoms with Crippen LogP contribution in [-0.2, 0) is 94.9 Å². The molecule has 4 aromatic heterocycles. The number of halogens is 13. The summed E-state index contributed by atoms with van der Waals surface area (Å²) in [7, 11) is 0. The van der Waals surface area contributed by atoms with E-state index in [1.165, 1.54) is 30.5 Å². The van der Waals surface area contributed by atoms with Gasteiger partial charge in [0.05, 0.1) is 90.4 Å². The Morgan fingerprint density at radius 3 is 1.05 bits per heavy atom. The average molecular weight is 1980 g/mol. The molecule has 630 valence electrons. The van der Waals surface area contributed by atoms with Crippen molar-refractivity contribution >= 4 is 47.2 Å². The second-order valence-corrected chi connectivity index (χ2v) is 30.4. The number of aldehydes is 1. The summed E-state index contributed by atoms with van der Waals surface area (Å²) in [4.78, 5) is 38.4. The van der Waals surface area contributed by atoms with Crippen molar-refractivity contribution in [2.45, 2.75) is 216 Å². The molecule has 2 N–H and O–H groups in total. The molecule has 0 unspecified atom stereocenters. The van der Waals surface area contributed by atoms with Crippen LogP contribution in [0.25, 0.3) is 6.08 Å². The molecule has 8 aliphatic rings. The summed E-state index contributed by atoms with van der Waals surface area (Å²) < 4.78 is 255. The second kappa shape index (κ2) is 48.6. The number of ether oxygens (including phenoxy) is 13. The van der Waals surface area contributed by atoms with Gasteiger partial charge in [0, 0.05) is 81.7 Å². The topological polar surface area (TPSA) is 441 Å². The first-order valence-corrected chi connectivity index (χ1v) is 43.0. The van der Waals surface area contributed by atoms with E-state index in [9.17, 15) is 49.4 Å². The van der Waals surface area contributed by atoms with Gasteiger partial charge >= 0.3 is 77.1 Å². The summed E-state index contributed by atoms with van der Waals surface area (Å²) in [5, 5.41) is 17.8. The third-order valence-electron chi connectivity index (χ3n) is 15.6. The zero-order chi connectivity index (χ0) is 82.9. The predicted octanol–water partition coefficient (Wildman–Crippen LogP) is 2.63. The molecular formula is C65H86Cl3F9IN8NaO24Os. The van der Waals surface area contributed by atoms with Crippen molar-refractivity contribution in [3.05, 3.63) is 93.0 Å². The fraction of sp³-hybridized carbons (Fsp3) is 0.677. The Balaban J connectivity index is 0.000000350. The van der Waals surface area contributed by atoms with Crippen molar-refractivity contribution in [2.75, 3.05) is 66.1 Å². The number of aromatic nitrogens is 8. The van der Waals surface area contributed by atoms with Gasteiger partial charge in [-0.3, -0.25) is 18.5 Å². The quantitative estimate of drug-likeness (QED) is 0.0514. The molecule has 0 radical (unpaired) electrons. The standard InChI is InChI=1S/C17H21F3N2O4.C14H15F3N2O4.C13H14ClF3N2O3.C8H14O3.C5H4Cl2N2.C5H10O.C3H8O.IO4.Na.4O.Os/c1-2-23-8-5-12-11-14(22-15(21-12)17(18,19)20)26-13-3-6-16(7-4-13)24-9-10-25-16;15-14(16,17)12-18-9(8-20)7-11(19-12)23-10-1-3-13(4-2-10)21-5-6-22-13;14-9-7-10(19-11(18-9)13(15,16)17)22-8-1-3-12(4-2-8)20-5-6-21-12;9-7-1-3-8(4-2-7)10-5-6-11-8;1-3-8-4(6)2-5(7)9-3;1-3-5-6-4-2;1-3(2)4;2-1(3,4)5;;;;;;/h5,8,11,13H,2-4,6-7,9-10H2,1H3;7-8,10H,1-6H2;7-8H,1-6H2;7,9H,1-6H2;2H,1H3;3,5H,4H2,1-2H3;3-4H,1-2H3;;;;;;;/q;;;;;;;-1;+1;;;;;/b8-5+;;;;;5-3+;;;;;;;;. The van der Waals surface area contributed by atoms with Gasteiger partial charge in [-0.15, -0.1) is 0 Å². The van der Waals surface area contributed by atoms with Crippen LogP contribution in [0, 0.1) is 6.92 Å². The van der Waals surface area contributed by atoms with Gasteiger partial charge in [0.1, 0.15) is 65.4 Å². The van der Waals surface area contributed by atoms with E-state index >= 15 is 0 Å². The van der Waals surface area contributed by atoms with Crippen molar-refractivity contribution < 1.29 is 208 Å². The van der Waals surface area contributed by atoms with Crippen LogP contribution in [0.15, 0.2) is 42.9 Å². The van der Waals surface area contributed by atoms with Gasteiger partial charge in [-0.05, 0) is 99.0 Å². The van der Waals surface area contributed by atoms with Crippen LogP contribution >= 0.6 is 34.8 Å². The van der Waals surface area contributed by atoms with Gasteiger partial charge in [0.2, 0.25) is 35.1 Å². The van der Waals surface area contributed by atoms with Crippen LogP contribution in [0.2, 0.25) is 15.5 Å². The van der Waals surface area contributed by atoms with Crippen molar-refractivity contribution in [2.24, 2.45) is 0 Å². The molecule has 0 aromatic carbocycles. The maximum absolute atomic E-state index is 13.0. The summed E-state index contributed by atoms with van der Waals surface area (Å²) in [6.07, 6.45) is 2.03. The molecule has 4 saturated carbocycles. The molecule has 0 atom stereocenters. The summed E-state index contributed by atoms with van der Waals surface area (Å²) >= 11 is 4.63. The molecule has 4 aliphatic heterocycles. The minimum atomic E-state index is -6.06. The van der Waals surface area contributed by atoms with E-state index in [1.807, 2.05) is 19.9 Å². The molecule has 0 amide bonds. The number of carbonyl (C=O) groups is 1. The number of allylic oxidation sites excluding steroid dienone is 1. The Morgan fingerprint density at radius 1 is 0.509 bits per heavy atom. The normalized spacial score (nSPS) is 20.8. The van der Waals surface area contributed by atoms with Crippen LogP contribution in [0.3, 0.4) is 0 Å². The van der Waals surface area contributed by atoms with Crippen LogP contribution in [0.5, 0.6) is 17.6 Å². The van der Waals surface area contributed by atoms with E-state index in [4.69, 9.17) is 129 Å². The molecule has 4 aromatic rings. The van der Waals surface area contributed by atoms with Crippen molar-refractivity contribution in [1.29, 1.82) is 0 Å². The van der Waals surface area contributed by atoms with Gasteiger partial charge in [0.15, 0.2) is 29.4 Å². The first kappa shape index (κ1) is 102. The number of carbonyl (C=O) groups excluding carboxylic acids is 1. The number of aliphatic hydroxyl groups excluding tert-OH is 2. The molecule has 12 rings (SSSR count). The third kappa shape index (κ3) is 41.2. The number of rotatable bonds is 12. The zero-order valence-corrected chi connectivity index (χ0v) is 70.7. The first-order valence-electron chi connectivity index (χ1n) is 34.1. The molecule has 4 saturated heterocycles. The van der Waals surface area contributed by atoms with E-state index in [0.717, 1.165) is 51.6 Å². The van der Waals surface area contributed by atoms with Crippen LogP contribution in [0.1, 0.15) is 177 Å². The predicted molar refractivity (Wildman–Crippen MR) is 347 cm³/mol. The molecule has 4 spiro atoms. The molecule has 8 heterocycles. The summed E-state index contributed by atoms with van der Waals surface area (Å²) in [5.41, 5.74) is -0.289. The van der Waals surface area contributed by atoms with E-state index in [2.05, 4.69) is 39.9 Å². The summed E-state index contributed by atoms with van der Waals surface area (Å²) in [5.74, 6) is -5.81. The number of nitrogens with zero attached hydrogens (tertiary/aromatic N) is 8. The molecule has 32 nitrogen and oxygen atoms in total. The van der Waals surface area contributed by atoms with Gasteiger partial charge in [-0.2, -0.15) is 54.5 Å². The number of aryl methyl sites for hydroxylation is 1. The third-order valence-corrected chi connectivity index (χ3v) is 16.2. The Labute approximate surface area is 683 Å². The number of hydrogen-bond donors (Lipinski definition) is 2. The average Bonchev–Trinajstić information content (AvgIpc) is 1.18. The van der Waals surface area contributed by atoms with E-state index in [1.54, 1.807) is 34.0 Å². The monoisotopic (exact) mass is 1980 g/mol. The number of hydrogen-bond acceptors (Lipinski definition) is 32. The minimum absolute atomic E-state index is 0. The second-order valence-electron chi connectivity index (χ2n) is 24.6. The molecule has 0 bridgehead atoms. The number of aliphatic hydroxyl groups is 2. The maximum atomic E-state index is 13.0. The van der Waals surface area contributed by atoms with Crippen molar-refractivity contribution in [3.63, 3.8) is 0 Å². The Bertz CT molecular complexity index is 3670. The van der Waals surface area contributed by atoms with E-state index in [-0.39, 0.29) is 106 Å². The van der Waals surface area contributed by atoms with Crippen molar-refractivity contribution in [3.8, 4) is 17.6 Å². The van der Waals surface area contributed by atoms with E-state index in [0.29, 0.717) is 139 Å². The summed E-state index contributed by atoms with van der Waals surface area (Å²) in [6, 6.07) is 5.16. The fourth-order valence-electron chi connectivity index (χ4n) is 11.0. The molecule has 112 heavy (non-hydrogen) atoms. The zero-order valence-electron chi connectivity index (χ0n) is 61.7.